The van der Waals surface area contributed by atoms with Crippen LogP contribution in [0.1, 0.15) is 36.8 Å². The largest absolute Gasteiger partial charge is 0.399 e. The maximum Gasteiger partial charge on any atom is 0.244 e. The second kappa shape index (κ2) is 8.34. The van der Waals surface area contributed by atoms with Gasteiger partial charge in [0.25, 0.3) is 0 Å². The molecule has 0 aliphatic carbocycles. The Kier molecular flexibility index (Phi) is 5.91. The Labute approximate surface area is 159 Å². The standard InChI is InChI=1S/C20H22N4O.ClH/c21-17-10-6-7-15(13-17)14-24-12-5-4-11-18(24)20-22-19(23-25-20)16-8-2-1-3-9-16;/h1-3,6-10,13,18H,4-5,11-12,14,21H2;1H. The molecule has 0 spiro atoms. The molecule has 2 N–H and O–H groups in total. The Morgan fingerprint density at radius 1 is 1.08 bits per heavy atom. The van der Waals surface area contributed by atoms with E-state index in [4.69, 9.17) is 10.3 Å². The summed E-state index contributed by atoms with van der Waals surface area (Å²) in [6, 6.07) is 18.2. The highest BCUT2D eigenvalue weighted by atomic mass is 35.5. The number of halogens is 1. The van der Waals surface area contributed by atoms with Crippen molar-refractivity contribution in [3.05, 3.63) is 66.1 Å². The monoisotopic (exact) mass is 370 g/mol. The average Bonchev–Trinajstić information content (AvgIpc) is 3.13. The second-order valence-corrected chi connectivity index (χ2v) is 6.55. The summed E-state index contributed by atoms with van der Waals surface area (Å²) in [5.41, 5.74) is 8.92. The summed E-state index contributed by atoms with van der Waals surface area (Å²) in [4.78, 5) is 7.09. The smallest absolute Gasteiger partial charge is 0.244 e. The quantitative estimate of drug-likeness (QED) is 0.686. The van der Waals surface area contributed by atoms with E-state index in [0.717, 1.165) is 30.8 Å². The number of nitrogens with zero attached hydrogens (tertiary/aromatic N) is 3. The lowest BCUT2D eigenvalue weighted by Crippen LogP contribution is -2.33. The molecule has 0 amide bonds. The number of hydrogen-bond donors (Lipinski definition) is 1. The van der Waals surface area contributed by atoms with Crippen molar-refractivity contribution in [3.63, 3.8) is 0 Å². The van der Waals surface area contributed by atoms with Crippen LogP contribution in [0.2, 0.25) is 0 Å². The minimum atomic E-state index is 0. The molecule has 1 aliphatic heterocycles. The molecule has 6 heteroatoms. The molecule has 1 aromatic heterocycles. The van der Waals surface area contributed by atoms with Gasteiger partial charge in [0, 0.05) is 17.8 Å². The molecule has 1 unspecified atom stereocenters. The van der Waals surface area contributed by atoms with Crippen molar-refractivity contribution in [3.8, 4) is 11.4 Å². The molecule has 0 saturated carbocycles. The van der Waals surface area contributed by atoms with E-state index in [1.807, 2.05) is 48.5 Å². The summed E-state index contributed by atoms with van der Waals surface area (Å²) in [6.45, 7) is 1.88. The third-order valence-corrected chi connectivity index (χ3v) is 4.71. The summed E-state index contributed by atoms with van der Waals surface area (Å²) in [6.07, 6.45) is 3.42. The van der Waals surface area contributed by atoms with E-state index in [0.29, 0.717) is 11.7 Å². The number of anilines is 1. The number of hydrogen-bond acceptors (Lipinski definition) is 5. The SMILES string of the molecule is Cl.Nc1cccc(CN2CCCCC2c2nc(-c3ccccc3)no2)c1. The molecule has 1 fully saturated rings. The van der Waals surface area contributed by atoms with Crippen LogP contribution in [0, 0.1) is 0 Å². The van der Waals surface area contributed by atoms with Crippen LogP contribution in [0.5, 0.6) is 0 Å². The number of piperidine rings is 1. The first-order valence-electron chi connectivity index (χ1n) is 8.77. The van der Waals surface area contributed by atoms with Crippen molar-refractivity contribution >= 4 is 18.1 Å². The highest BCUT2D eigenvalue weighted by Crippen LogP contribution is 2.32. The Bertz CT molecular complexity index is 837. The van der Waals surface area contributed by atoms with Crippen LogP contribution < -0.4 is 5.73 Å². The molecule has 26 heavy (non-hydrogen) atoms. The number of nitrogens with two attached hydrogens (primary N) is 1. The Balaban J connectivity index is 0.00000196. The van der Waals surface area contributed by atoms with Gasteiger partial charge in [0.05, 0.1) is 6.04 Å². The fourth-order valence-corrected chi connectivity index (χ4v) is 3.46. The molecule has 0 bridgehead atoms. The molecule has 136 valence electrons. The van der Waals surface area contributed by atoms with E-state index in [1.165, 1.54) is 18.4 Å². The van der Waals surface area contributed by atoms with Gasteiger partial charge in [0.2, 0.25) is 11.7 Å². The molecule has 3 aromatic rings. The van der Waals surface area contributed by atoms with Gasteiger partial charge in [-0.05, 0) is 37.1 Å². The predicted molar refractivity (Wildman–Crippen MR) is 105 cm³/mol. The molecule has 2 heterocycles. The van der Waals surface area contributed by atoms with Crippen molar-refractivity contribution < 1.29 is 4.52 Å². The summed E-state index contributed by atoms with van der Waals surface area (Å²) in [7, 11) is 0. The first-order chi connectivity index (χ1) is 12.3. The minimum absolute atomic E-state index is 0. The normalized spacial score (nSPS) is 17.6. The lowest BCUT2D eigenvalue weighted by molar-refractivity contribution is 0.111. The van der Waals surface area contributed by atoms with Gasteiger partial charge in [-0.1, -0.05) is 54.0 Å². The molecular formula is C20H23ClN4O. The summed E-state index contributed by atoms with van der Waals surface area (Å²) < 4.78 is 5.62. The molecule has 1 atom stereocenters. The molecular weight excluding hydrogens is 348 g/mol. The molecule has 0 radical (unpaired) electrons. The van der Waals surface area contributed by atoms with Crippen molar-refractivity contribution in [1.29, 1.82) is 0 Å². The molecule has 2 aromatic carbocycles. The Hall–Kier alpha value is -2.37. The zero-order chi connectivity index (χ0) is 17.1. The van der Waals surface area contributed by atoms with Gasteiger partial charge in [0.1, 0.15) is 0 Å². The molecule has 4 rings (SSSR count). The minimum Gasteiger partial charge on any atom is -0.399 e. The lowest BCUT2D eigenvalue weighted by atomic mass is 10.0. The highest BCUT2D eigenvalue weighted by molar-refractivity contribution is 5.85. The summed E-state index contributed by atoms with van der Waals surface area (Å²) in [5, 5.41) is 4.18. The van der Waals surface area contributed by atoms with E-state index < -0.39 is 0 Å². The second-order valence-electron chi connectivity index (χ2n) is 6.55. The molecule has 1 aliphatic rings. The fourth-order valence-electron chi connectivity index (χ4n) is 3.46. The maximum absolute atomic E-state index is 5.92. The third-order valence-electron chi connectivity index (χ3n) is 4.71. The van der Waals surface area contributed by atoms with Crippen LogP contribution in [0.4, 0.5) is 5.69 Å². The van der Waals surface area contributed by atoms with E-state index in [-0.39, 0.29) is 18.4 Å². The van der Waals surface area contributed by atoms with Gasteiger partial charge in [-0.3, -0.25) is 4.90 Å². The van der Waals surface area contributed by atoms with Crippen LogP contribution in [-0.2, 0) is 6.54 Å². The lowest BCUT2D eigenvalue weighted by Gasteiger charge is -2.33. The van der Waals surface area contributed by atoms with Crippen LogP contribution in [0.15, 0.2) is 59.1 Å². The van der Waals surface area contributed by atoms with Crippen molar-refractivity contribution in [2.24, 2.45) is 0 Å². The summed E-state index contributed by atoms with van der Waals surface area (Å²) >= 11 is 0. The molecule has 1 saturated heterocycles. The van der Waals surface area contributed by atoms with Gasteiger partial charge in [0.15, 0.2) is 0 Å². The first kappa shape index (κ1) is 18.4. The number of likely N-dealkylation sites (tertiary alicyclic amines) is 1. The van der Waals surface area contributed by atoms with Gasteiger partial charge >= 0.3 is 0 Å². The van der Waals surface area contributed by atoms with E-state index in [9.17, 15) is 0 Å². The number of nitrogen functional groups attached to an aromatic ring is 1. The van der Waals surface area contributed by atoms with Crippen LogP contribution >= 0.6 is 12.4 Å². The van der Waals surface area contributed by atoms with Gasteiger partial charge in [-0.25, -0.2) is 0 Å². The zero-order valence-corrected chi connectivity index (χ0v) is 15.4. The number of rotatable bonds is 4. The van der Waals surface area contributed by atoms with Crippen molar-refractivity contribution in [1.82, 2.24) is 15.0 Å². The van der Waals surface area contributed by atoms with Crippen LogP contribution in [0.3, 0.4) is 0 Å². The van der Waals surface area contributed by atoms with Gasteiger partial charge in [-0.2, -0.15) is 4.98 Å². The van der Waals surface area contributed by atoms with Gasteiger partial charge < -0.3 is 10.3 Å². The van der Waals surface area contributed by atoms with Gasteiger partial charge in [-0.15, -0.1) is 12.4 Å². The predicted octanol–water partition coefficient (Wildman–Crippen LogP) is 4.47. The Morgan fingerprint density at radius 2 is 1.92 bits per heavy atom. The van der Waals surface area contributed by atoms with E-state index in [1.54, 1.807) is 0 Å². The first-order valence-corrected chi connectivity index (χ1v) is 8.77. The highest BCUT2D eigenvalue weighted by Gasteiger charge is 2.29. The zero-order valence-electron chi connectivity index (χ0n) is 14.5. The van der Waals surface area contributed by atoms with E-state index >= 15 is 0 Å². The summed E-state index contributed by atoms with van der Waals surface area (Å²) in [5.74, 6) is 1.37. The number of aromatic nitrogens is 2. The number of benzene rings is 2. The van der Waals surface area contributed by atoms with Crippen molar-refractivity contribution in [2.75, 3.05) is 12.3 Å². The van der Waals surface area contributed by atoms with Crippen molar-refractivity contribution in [2.45, 2.75) is 31.8 Å². The fraction of sp³-hybridized carbons (Fsp3) is 0.300. The topological polar surface area (TPSA) is 68.2 Å². The van der Waals surface area contributed by atoms with Crippen LogP contribution in [0.25, 0.3) is 11.4 Å². The molecule has 5 nitrogen and oxygen atoms in total. The average molecular weight is 371 g/mol. The van der Waals surface area contributed by atoms with Crippen LogP contribution in [-0.4, -0.2) is 21.6 Å². The third kappa shape index (κ3) is 4.06. The van der Waals surface area contributed by atoms with E-state index in [2.05, 4.69) is 21.1 Å². The maximum atomic E-state index is 5.92. The Morgan fingerprint density at radius 3 is 2.73 bits per heavy atom.